The molecule has 4 atom stereocenters. The molecular formula is C13H19N5O4. The molecule has 0 aromatic carbocycles. The van der Waals surface area contributed by atoms with Crippen LogP contribution in [0.15, 0.2) is 12.7 Å². The fourth-order valence-corrected chi connectivity index (χ4v) is 2.65. The summed E-state index contributed by atoms with van der Waals surface area (Å²) in [5.74, 6) is 0.243. The molecule has 0 radical (unpaired) electrons. The zero-order valence-electron chi connectivity index (χ0n) is 12.4. The molecule has 4 N–H and O–H groups in total. The molecule has 0 spiro atoms. The highest BCUT2D eigenvalue weighted by Crippen LogP contribution is 2.39. The van der Waals surface area contributed by atoms with Crippen molar-refractivity contribution in [2.24, 2.45) is 0 Å². The lowest BCUT2D eigenvalue weighted by Crippen LogP contribution is -2.44. The van der Waals surface area contributed by atoms with Gasteiger partial charge in [0.15, 0.2) is 17.7 Å². The summed E-state index contributed by atoms with van der Waals surface area (Å²) < 4.78 is 12.6. The molecule has 120 valence electrons. The normalized spacial score (nSPS) is 31.9. The Labute approximate surface area is 126 Å². The van der Waals surface area contributed by atoms with E-state index in [0.29, 0.717) is 17.8 Å². The van der Waals surface area contributed by atoms with Gasteiger partial charge in [0.2, 0.25) is 0 Å². The van der Waals surface area contributed by atoms with Gasteiger partial charge in [-0.3, -0.25) is 4.57 Å². The standard InChI is InChI=1S/C13H19N5O4/c1-3-21-4-7-9(19)13(2,20)12(22-7)18-6-17-8-10(14)15-5-16-11(8)18/h5-7,9,12,19-20H,3-4H2,1-2H3,(H2,14,15,16)/t7-,9-,12-,13-/m1/s1. The third kappa shape index (κ3) is 2.22. The van der Waals surface area contributed by atoms with Crippen molar-refractivity contribution in [3.63, 3.8) is 0 Å². The highest BCUT2D eigenvalue weighted by molar-refractivity contribution is 5.81. The van der Waals surface area contributed by atoms with Crippen molar-refractivity contribution in [1.29, 1.82) is 0 Å². The van der Waals surface area contributed by atoms with Crippen molar-refractivity contribution in [2.75, 3.05) is 18.9 Å². The van der Waals surface area contributed by atoms with Crippen molar-refractivity contribution in [1.82, 2.24) is 19.5 Å². The summed E-state index contributed by atoms with van der Waals surface area (Å²) in [4.78, 5) is 12.2. The number of nitrogens with two attached hydrogens (primary N) is 1. The first-order valence-corrected chi connectivity index (χ1v) is 7.03. The van der Waals surface area contributed by atoms with Crippen LogP contribution in [-0.4, -0.2) is 60.8 Å². The lowest BCUT2D eigenvalue weighted by Gasteiger charge is -2.27. The van der Waals surface area contributed by atoms with Gasteiger partial charge in [-0.25, -0.2) is 15.0 Å². The number of aliphatic hydroxyl groups excluding tert-OH is 1. The molecule has 0 saturated carbocycles. The van der Waals surface area contributed by atoms with Gasteiger partial charge in [-0.1, -0.05) is 0 Å². The van der Waals surface area contributed by atoms with E-state index in [1.165, 1.54) is 19.6 Å². The summed E-state index contributed by atoms with van der Waals surface area (Å²) in [6, 6.07) is 0. The van der Waals surface area contributed by atoms with Crippen LogP contribution in [0.3, 0.4) is 0 Å². The predicted molar refractivity (Wildman–Crippen MR) is 76.8 cm³/mol. The summed E-state index contributed by atoms with van der Waals surface area (Å²) in [6.45, 7) is 4.04. The van der Waals surface area contributed by atoms with Crippen LogP contribution in [-0.2, 0) is 9.47 Å². The molecule has 0 unspecified atom stereocenters. The maximum atomic E-state index is 10.6. The minimum Gasteiger partial charge on any atom is -0.387 e. The molecule has 3 heterocycles. The SMILES string of the molecule is CCOC[C@H]1O[C@@H](n2cnc3c(N)ncnc32)[C@](C)(O)[C@@H]1O. The first-order valence-electron chi connectivity index (χ1n) is 7.03. The van der Waals surface area contributed by atoms with E-state index in [0.717, 1.165) is 0 Å². The number of hydrogen-bond acceptors (Lipinski definition) is 8. The van der Waals surface area contributed by atoms with Crippen LogP contribution in [0.5, 0.6) is 0 Å². The molecule has 1 aliphatic rings. The number of imidazole rings is 1. The third-order valence-electron chi connectivity index (χ3n) is 3.88. The lowest BCUT2D eigenvalue weighted by atomic mass is 9.96. The van der Waals surface area contributed by atoms with Gasteiger partial charge in [-0.15, -0.1) is 0 Å². The molecule has 9 nitrogen and oxygen atoms in total. The summed E-state index contributed by atoms with van der Waals surface area (Å²) in [5.41, 5.74) is 5.09. The Kier molecular flexibility index (Phi) is 3.73. The summed E-state index contributed by atoms with van der Waals surface area (Å²) >= 11 is 0. The van der Waals surface area contributed by atoms with Gasteiger partial charge in [0.25, 0.3) is 0 Å². The van der Waals surface area contributed by atoms with Crippen molar-refractivity contribution in [3.8, 4) is 0 Å². The fourth-order valence-electron chi connectivity index (χ4n) is 2.65. The highest BCUT2D eigenvalue weighted by Gasteiger charge is 2.53. The Morgan fingerprint density at radius 2 is 2.23 bits per heavy atom. The van der Waals surface area contributed by atoms with Crippen LogP contribution < -0.4 is 5.73 Å². The maximum absolute atomic E-state index is 10.6. The quantitative estimate of drug-likeness (QED) is 0.686. The first kappa shape index (κ1) is 15.1. The Hall–Kier alpha value is -1.81. The van der Waals surface area contributed by atoms with E-state index in [1.807, 2.05) is 6.92 Å². The van der Waals surface area contributed by atoms with Gasteiger partial charge in [-0.05, 0) is 13.8 Å². The van der Waals surface area contributed by atoms with E-state index in [-0.39, 0.29) is 12.4 Å². The predicted octanol–water partition coefficient (Wildman–Crippen LogP) is -0.546. The number of fused-ring (bicyclic) bond motifs is 1. The third-order valence-corrected chi connectivity index (χ3v) is 3.88. The fraction of sp³-hybridized carbons (Fsp3) is 0.615. The molecule has 1 saturated heterocycles. The monoisotopic (exact) mass is 309 g/mol. The number of aromatic nitrogens is 4. The summed E-state index contributed by atoms with van der Waals surface area (Å²) in [7, 11) is 0. The van der Waals surface area contributed by atoms with Gasteiger partial charge in [0.1, 0.15) is 29.7 Å². The van der Waals surface area contributed by atoms with Gasteiger partial charge in [0, 0.05) is 6.61 Å². The lowest BCUT2D eigenvalue weighted by molar-refractivity contribution is -0.0961. The minimum absolute atomic E-state index is 0.189. The molecule has 1 fully saturated rings. The van der Waals surface area contributed by atoms with E-state index in [4.69, 9.17) is 15.2 Å². The zero-order valence-corrected chi connectivity index (χ0v) is 12.4. The van der Waals surface area contributed by atoms with E-state index in [2.05, 4.69) is 15.0 Å². The second-order valence-electron chi connectivity index (χ2n) is 5.44. The van der Waals surface area contributed by atoms with Crippen molar-refractivity contribution < 1.29 is 19.7 Å². The average Bonchev–Trinajstić information content (AvgIpc) is 3.00. The number of nitrogens with zero attached hydrogens (tertiary/aromatic N) is 4. The van der Waals surface area contributed by atoms with Crippen molar-refractivity contribution in [3.05, 3.63) is 12.7 Å². The van der Waals surface area contributed by atoms with Crippen LogP contribution >= 0.6 is 0 Å². The average molecular weight is 309 g/mol. The van der Waals surface area contributed by atoms with E-state index >= 15 is 0 Å². The number of hydrogen-bond donors (Lipinski definition) is 3. The molecule has 0 amide bonds. The number of anilines is 1. The Morgan fingerprint density at radius 1 is 1.45 bits per heavy atom. The molecule has 1 aliphatic heterocycles. The molecule has 3 rings (SSSR count). The van der Waals surface area contributed by atoms with E-state index in [1.54, 1.807) is 4.57 Å². The number of ether oxygens (including phenoxy) is 2. The Balaban J connectivity index is 1.97. The second kappa shape index (κ2) is 5.43. The number of aliphatic hydroxyl groups is 2. The summed E-state index contributed by atoms with van der Waals surface area (Å²) in [6.07, 6.45) is 0.183. The van der Waals surface area contributed by atoms with E-state index < -0.39 is 24.0 Å². The van der Waals surface area contributed by atoms with Gasteiger partial charge < -0.3 is 25.4 Å². The van der Waals surface area contributed by atoms with Crippen LogP contribution in [0.2, 0.25) is 0 Å². The minimum atomic E-state index is -1.52. The summed E-state index contributed by atoms with van der Waals surface area (Å²) in [5, 5.41) is 20.9. The topological polar surface area (TPSA) is 129 Å². The molecule has 22 heavy (non-hydrogen) atoms. The molecule has 2 aromatic rings. The van der Waals surface area contributed by atoms with Gasteiger partial charge in [-0.2, -0.15) is 0 Å². The van der Waals surface area contributed by atoms with Crippen LogP contribution in [0.4, 0.5) is 5.82 Å². The Bertz CT molecular complexity index is 673. The van der Waals surface area contributed by atoms with Gasteiger partial charge in [0.05, 0.1) is 12.9 Å². The van der Waals surface area contributed by atoms with Crippen LogP contribution in [0.25, 0.3) is 11.2 Å². The van der Waals surface area contributed by atoms with Crippen LogP contribution in [0, 0.1) is 0 Å². The molecule has 2 aromatic heterocycles. The molecule has 9 heteroatoms. The van der Waals surface area contributed by atoms with E-state index in [9.17, 15) is 10.2 Å². The smallest absolute Gasteiger partial charge is 0.168 e. The van der Waals surface area contributed by atoms with Crippen LogP contribution in [0.1, 0.15) is 20.1 Å². The van der Waals surface area contributed by atoms with Crippen molar-refractivity contribution in [2.45, 2.75) is 37.9 Å². The van der Waals surface area contributed by atoms with Gasteiger partial charge >= 0.3 is 0 Å². The largest absolute Gasteiger partial charge is 0.387 e. The zero-order chi connectivity index (χ0) is 15.9. The highest BCUT2D eigenvalue weighted by atomic mass is 16.6. The molecular weight excluding hydrogens is 290 g/mol. The second-order valence-corrected chi connectivity index (χ2v) is 5.44. The van der Waals surface area contributed by atoms with Crippen molar-refractivity contribution >= 4 is 17.0 Å². The number of nitrogen functional groups attached to an aromatic ring is 1. The maximum Gasteiger partial charge on any atom is 0.168 e. The number of rotatable bonds is 4. The Morgan fingerprint density at radius 3 is 2.95 bits per heavy atom. The first-order chi connectivity index (χ1) is 10.5. The molecule has 0 aliphatic carbocycles. The molecule has 0 bridgehead atoms.